The molecule has 2 aromatic carbocycles. The van der Waals surface area contributed by atoms with Crippen LogP contribution in [0.3, 0.4) is 0 Å². The van der Waals surface area contributed by atoms with Crippen molar-refractivity contribution in [3.8, 4) is 11.3 Å². The summed E-state index contributed by atoms with van der Waals surface area (Å²) in [4.78, 5) is 0. The SMILES string of the molecule is COC(C)OCn1nc(-c2ccc(F)cc2)c2ccccc21. The minimum absolute atomic E-state index is 0.259. The first-order valence-corrected chi connectivity index (χ1v) is 7.05. The van der Waals surface area contributed by atoms with E-state index >= 15 is 0 Å². The first-order chi connectivity index (χ1) is 10.7. The van der Waals surface area contributed by atoms with Crippen molar-refractivity contribution in [3.05, 3.63) is 54.3 Å². The van der Waals surface area contributed by atoms with Crippen LogP contribution in [-0.4, -0.2) is 23.2 Å². The van der Waals surface area contributed by atoms with Crippen molar-refractivity contribution < 1.29 is 13.9 Å². The summed E-state index contributed by atoms with van der Waals surface area (Å²) in [6.07, 6.45) is -0.308. The Balaban J connectivity index is 2.02. The smallest absolute Gasteiger partial charge is 0.156 e. The summed E-state index contributed by atoms with van der Waals surface area (Å²) in [6, 6.07) is 14.2. The Hall–Kier alpha value is -2.24. The standard InChI is InChI=1S/C17H17FN2O2/c1-12(21-2)22-11-20-16-6-4-3-5-15(16)17(19-20)13-7-9-14(18)10-8-13/h3-10,12H,11H2,1-2H3. The van der Waals surface area contributed by atoms with E-state index in [1.165, 1.54) is 12.1 Å². The molecule has 0 aliphatic heterocycles. The summed E-state index contributed by atoms with van der Waals surface area (Å²) in [7, 11) is 1.59. The van der Waals surface area contributed by atoms with E-state index in [2.05, 4.69) is 5.10 Å². The van der Waals surface area contributed by atoms with Gasteiger partial charge >= 0.3 is 0 Å². The summed E-state index contributed by atoms with van der Waals surface area (Å²) in [5, 5.41) is 5.61. The monoisotopic (exact) mass is 300 g/mol. The first-order valence-electron chi connectivity index (χ1n) is 7.05. The van der Waals surface area contributed by atoms with Crippen LogP contribution < -0.4 is 0 Å². The van der Waals surface area contributed by atoms with Gasteiger partial charge in [0.05, 0.1) is 5.52 Å². The molecule has 4 nitrogen and oxygen atoms in total. The molecule has 0 saturated heterocycles. The maximum Gasteiger partial charge on any atom is 0.156 e. The highest BCUT2D eigenvalue weighted by Gasteiger charge is 2.12. The number of hydrogen-bond donors (Lipinski definition) is 0. The Bertz CT molecular complexity index is 768. The molecule has 0 bridgehead atoms. The van der Waals surface area contributed by atoms with Gasteiger partial charge < -0.3 is 9.47 Å². The minimum atomic E-state index is -0.308. The van der Waals surface area contributed by atoms with Gasteiger partial charge in [0.25, 0.3) is 0 Å². The molecular weight excluding hydrogens is 283 g/mol. The molecule has 1 unspecified atom stereocenters. The van der Waals surface area contributed by atoms with Gasteiger partial charge in [0.2, 0.25) is 0 Å². The Morgan fingerprint density at radius 3 is 2.59 bits per heavy atom. The fourth-order valence-corrected chi connectivity index (χ4v) is 2.29. The Morgan fingerprint density at radius 2 is 1.86 bits per heavy atom. The van der Waals surface area contributed by atoms with Gasteiger partial charge in [-0.05, 0) is 37.3 Å². The summed E-state index contributed by atoms with van der Waals surface area (Å²) < 4.78 is 25.5. The van der Waals surface area contributed by atoms with Gasteiger partial charge in [-0.2, -0.15) is 5.10 Å². The summed E-state index contributed by atoms with van der Waals surface area (Å²) >= 11 is 0. The van der Waals surface area contributed by atoms with Crippen LogP contribution in [0.15, 0.2) is 48.5 Å². The van der Waals surface area contributed by atoms with Crippen molar-refractivity contribution in [2.45, 2.75) is 19.9 Å². The van der Waals surface area contributed by atoms with Gasteiger partial charge in [0.15, 0.2) is 6.29 Å². The minimum Gasteiger partial charge on any atom is -0.356 e. The summed E-state index contributed by atoms with van der Waals surface area (Å²) in [5.41, 5.74) is 2.64. The molecule has 0 radical (unpaired) electrons. The lowest BCUT2D eigenvalue weighted by atomic mass is 10.1. The second-order valence-electron chi connectivity index (χ2n) is 4.97. The highest BCUT2D eigenvalue weighted by Crippen LogP contribution is 2.28. The van der Waals surface area contributed by atoms with Crippen molar-refractivity contribution in [2.24, 2.45) is 0 Å². The largest absolute Gasteiger partial charge is 0.356 e. The van der Waals surface area contributed by atoms with Crippen LogP contribution >= 0.6 is 0 Å². The number of para-hydroxylation sites is 1. The third kappa shape index (κ3) is 2.86. The van der Waals surface area contributed by atoms with E-state index in [-0.39, 0.29) is 18.8 Å². The molecule has 0 amide bonds. The number of aromatic nitrogens is 2. The number of methoxy groups -OCH3 is 1. The number of rotatable bonds is 5. The van der Waals surface area contributed by atoms with Crippen LogP contribution in [0.4, 0.5) is 4.39 Å². The van der Waals surface area contributed by atoms with Crippen LogP contribution in [0.1, 0.15) is 6.92 Å². The van der Waals surface area contributed by atoms with E-state index in [9.17, 15) is 4.39 Å². The van der Waals surface area contributed by atoms with Crippen molar-refractivity contribution >= 4 is 10.9 Å². The molecular formula is C17H17FN2O2. The lowest BCUT2D eigenvalue weighted by molar-refractivity contribution is -0.135. The number of fused-ring (bicyclic) bond motifs is 1. The molecule has 22 heavy (non-hydrogen) atoms. The Labute approximate surface area is 128 Å². The molecule has 1 atom stereocenters. The second kappa shape index (κ2) is 6.25. The average molecular weight is 300 g/mol. The van der Waals surface area contributed by atoms with E-state index < -0.39 is 0 Å². The van der Waals surface area contributed by atoms with Crippen molar-refractivity contribution in [1.29, 1.82) is 0 Å². The first kappa shape index (κ1) is 14.7. The summed E-state index contributed by atoms with van der Waals surface area (Å²) in [6.45, 7) is 2.11. The third-order valence-corrected chi connectivity index (χ3v) is 3.54. The van der Waals surface area contributed by atoms with Gasteiger partial charge in [0.1, 0.15) is 18.2 Å². The van der Waals surface area contributed by atoms with Crippen LogP contribution in [0.5, 0.6) is 0 Å². The van der Waals surface area contributed by atoms with Crippen LogP contribution in [0.25, 0.3) is 22.2 Å². The quantitative estimate of drug-likeness (QED) is 0.672. The molecule has 0 aliphatic rings. The highest BCUT2D eigenvalue weighted by atomic mass is 19.1. The van der Waals surface area contributed by atoms with E-state index in [1.54, 1.807) is 23.9 Å². The molecule has 0 saturated carbocycles. The Morgan fingerprint density at radius 1 is 1.14 bits per heavy atom. The Kier molecular flexibility index (Phi) is 4.18. The molecule has 0 aliphatic carbocycles. The average Bonchev–Trinajstić information content (AvgIpc) is 2.92. The number of nitrogens with zero attached hydrogens (tertiary/aromatic N) is 2. The molecule has 5 heteroatoms. The van der Waals surface area contributed by atoms with Crippen LogP contribution in [0, 0.1) is 5.82 Å². The molecule has 114 valence electrons. The topological polar surface area (TPSA) is 36.3 Å². The number of hydrogen-bond acceptors (Lipinski definition) is 3. The maximum atomic E-state index is 13.1. The third-order valence-electron chi connectivity index (χ3n) is 3.54. The lowest BCUT2D eigenvalue weighted by Crippen LogP contribution is -2.14. The van der Waals surface area contributed by atoms with Crippen molar-refractivity contribution in [2.75, 3.05) is 7.11 Å². The van der Waals surface area contributed by atoms with Gasteiger partial charge in [-0.15, -0.1) is 0 Å². The molecule has 0 fully saturated rings. The van der Waals surface area contributed by atoms with Gasteiger partial charge in [-0.1, -0.05) is 18.2 Å². The van der Waals surface area contributed by atoms with Crippen molar-refractivity contribution in [3.63, 3.8) is 0 Å². The zero-order valence-corrected chi connectivity index (χ0v) is 12.5. The van der Waals surface area contributed by atoms with Gasteiger partial charge in [-0.3, -0.25) is 0 Å². The van der Waals surface area contributed by atoms with E-state index in [0.717, 1.165) is 22.2 Å². The number of benzene rings is 2. The second-order valence-corrected chi connectivity index (χ2v) is 4.97. The number of ether oxygens (including phenoxy) is 2. The predicted octanol–water partition coefficient (Wildman–Crippen LogP) is 3.81. The zero-order chi connectivity index (χ0) is 15.5. The van der Waals surface area contributed by atoms with Crippen LogP contribution in [-0.2, 0) is 16.2 Å². The summed E-state index contributed by atoms with van der Waals surface area (Å²) in [5.74, 6) is -0.259. The van der Waals surface area contributed by atoms with E-state index in [1.807, 2.05) is 31.2 Å². The molecule has 1 aromatic heterocycles. The fourth-order valence-electron chi connectivity index (χ4n) is 2.29. The fraction of sp³-hybridized carbons (Fsp3) is 0.235. The normalized spacial score (nSPS) is 12.7. The van der Waals surface area contributed by atoms with Crippen LogP contribution in [0.2, 0.25) is 0 Å². The van der Waals surface area contributed by atoms with Crippen molar-refractivity contribution in [1.82, 2.24) is 9.78 Å². The van der Waals surface area contributed by atoms with E-state index in [0.29, 0.717) is 0 Å². The van der Waals surface area contributed by atoms with Gasteiger partial charge in [0, 0.05) is 18.1 Å². The molecule has 0 spiro atoms. The highest BCUT2D eigenvalue weighted by molar-refractivity contribution is 5.93. The molecule has 3 rings (SSSR count). The predicted molar refractivity (Wildman–Crippen MR) is 82.7 cm³/mol. The molecule has 3 aromatic rings. The van der Waals surface area contributed by atoms with Gasteiger partial charge in [-0.25, -0.2) is 9.07 Å². The molecule has 0 N–H and O–H groups in total. The number of halogens is 1. The molecule has 1 heterocycles. The lowest BCUT2D eigenvalue weighted by Gasteiger charge is -2.11. The zero-order valence-electron chi connectivity index (χ0n) is 12.5. The van der Waals surface area contributed by atoms with E-state index in [4.69, 9.17) is 9.47 Å². The maximum absolute atomic E-state index is 13.1.